The van der Waals surface area contributed by atoms with E-state index in [4.69, 9.17) is 4.74 Å². The summed E-state index contributed by atoms with van der Waals surface area (Å²) in [7, 11) is 1.80. The highest BCUT2D eigenvalue weighted by Gasteiger charge is 2.33. The van der Waals surface area contributed by atoms with E-state index in [1.807, 2.05) is 19.1 Å². The quantitative estimate of drug-likeness (QED) is 0.319. The molecule has 2 nitrogen and oxygen atoms in total. The third-order valence-electron chi connectivity index (χ3n) is 6.08. The molecule has 154 valence electrons. The maximum absolute atomic E-state index is 5.57. The van der Waals surface area contributed by atoms with Crippen molar-refractivity contribution in [1.82, 2.24) is 0 Å². The van der Waals surface area contributed by atoms with Crippen LogP contribution in [0.3, 0.4) is 0 Å². The fourth-order valence-corrected chi connectivity index (χ4v) is 7.19. The van der Waals surface area contributed by atoms with E-state index in [-0.39, 0.29) is 7.55 Å². The van der Waals surface area contributed by atoms with E-state index in [0.717, 1.165) is 11.4 Å². The Balaban J connectivity index is 1.49. The molecule has 1 atom stereocenters. The Morgan fingerprint density at radius 1 is 0.774 bits per heavy atom. The average Bonchev–Trinajstić information content (AvgIpc) is 3.15. The Morgan fingerprint density at radius 3 is 2.06 bits per heavy atom. The van der Waals surface area contributed by atoms with Crippen LogP contribution in [0.25, 0.3) is 10.8 Å². The van der Waals surface area contributed by atoms with E-state index in [9.17, 15) is 0 Å². The molecule has 0 radical (unpaired) electrons. The van der Waals surface area contributed by atoms with Crippen molar-refractivity contribution >= 4 is 40.3 Å². The summed E-state index contributed by atoms with van der Waals surface area (Å²) in [6.45, 7) is 5.02. The Morgan fingerprint density at radius 2 is 1.42 bits per heavy atom. The molecule has 0 spiro atoms. The molecule has 31 heavy (non-hydrogen) atoms. The van der Waals surface area contributed by atoms with Crippen molar-refractivity contribution in [3.8, 4) is 5.75 Å². The van der Waals surface area contributed by atoms with Gasteiger partial charge in [0, 0.05) is 34.9 Å². The normalized spacial score (nSPS) is 13.6. The second-order valence-corrected chi connectivity index (χ2v) is 10.2. The van der Waals surface area contributed by atoms with Gasteiger partial charge in [0.1, 0.15) is 19.5 Å². The molecule has 1 unspecified atom stereocenters. The van der Waals surface area contributed by atoms with Crippen LogP contribution in [0.15, 0.2) is 84.9 Å². The molecule has 4 aromatic rings. The van der Waals surface area contributed by atoms with E-state index in [0.29, 0.717) is 6.61 Å². The van der Waals surface area contributed by atoms with Crippen LogP contribution in [0, 0.1) is 0 Å². The molecular formula is C28H27NOP+. The number of hydrogen-bond donors (Lipinski definition) is 0. The number of benzene rings is 4. The van der Waals surface area contributed by atoms with Crippen molar-refractivity contribution in [2.24, 2.45) is 0 Å². The van der Waals surface area contributed by atoms with E-state index < -0.39 is 0 Å². The molecule has 0 N–H and O–H groups in total. The van der Waals surface area contributed by atoms with Crippen LogP contribution in [0.2, 0.25) is 0 Å². The summed E-state index contributed by atoms with van der Waals surface area (Å²) >= 11 is 0. The van der Waals surface area contributed by atoms with Crippen LogP contribution in [-0.2, 0) is 0 Å². The van der Waals surface area contributed by atoms with Crippen LogP contribution in [-0.4, -0.2) is 25.1 Å². The van der Waals surface area contributed by atoms with Gasteiger partial charge in [0.05, 0.1) is 6.61 Å². The van der Waals surface area contributed by atoms with E-state index in [1.54, 1.807) is 0 Å². The van der Waals surface area contributed by atoms with Crippen LogP contribution >= 0.6 is 7.55 Å². The summed E-state index contributed by atoms with van der Waals surface area (Å²) in [5.74, 6) is 0.911. The first kappa shape index (κ1) is 19.8. The van der Waals surface area contributed by atoms with Crippen molar-refractivity contribution in [3.63, 3.8) is 0 Å². The van der Waals surface area contributed by atoms with E-state index in [2.05, 4.69) is 91.7 Å². The Hall–Kier alpha value is -3.09. The molecule has 1 aliphatic heterocycles. The average molecular weight is 425 g/mol. The number of anilines is 2. The van der Waals surface area contributed by atoms with E-state index >= 15 is 0 Å². The molecule has 0 fully saturated rings. The minimum Gasteiger partial charge on any atom is -0.494 e. The van der Waals surface area contributed by atoms with Gasteiger partial charge >= 0.3 is 0 Å². The second-order valence-electron chi connectivity index (χ2n) is 7.81. The smallest absolute Gasteiger partial charge is 0.164 e. The Labute approximate surface area is 185 Å². The van der Waals surface area contributed by atoms with Crippen LogP contribution in [0.5, 0.6) is 5.75 Å². The third-order valence-corrected chi connectivity index (χ3v) is 8.70. The molecule has 3 heteroatoms. The number of ether oxygens (including phenoxy) is 1. The predicted octanol–water partition coefficient (Wildman–Crippen LogP) is 6.72. The SMILES string of the molecule is CCOc1ccc(N(C)c2ccc(C3=[P+](CC)c4cccc5cccc3c45)cc2)cc1. The van der Waals surface area contributed by atoms with Crippen LogP contribution in [0.1, 0.15) is 25.0 Å². The molecule has 0 saturated heterocycles. The Kier molecular flexibility index (Phi) is 5.26. The van der Waals surface area contributed by atoms with Crippen molar-refractivity contribution < 1.29 is 4.74 Å². The van der Waals surface area contributed by atoms with Gasteiger partial charge in [0.15, 0.2) is 10.6 Å². The summed E-state index contributed by atoms with van der Waals surface area (Å²) in [5.41, 5.74) is 5.11. The molecule has 0 aromatic heterocycles. The summed E-state index contributed by atoms with van der Waals surface area (Å²) in [6, 6.07) is 30.9. The van der Waals surface area contributed by atoms with Gasteiger partial charge in [-0.15, -0.1) is 0 Å². The summed E-state index contributed by atoms with van der Waals surface area (Å²) in [4.78, 5) is 2.22. The summed E-state index contributed by atoms with van der Waals surface area (Å²) in [5, 5.41) is 5.89. The largest absolute Gasteiger partial charge is 0.494 e. The lowest BCUT2D eigenvalue weighted by Crippen LogP contribution is -2.10. The lowest BCUT2D eigenvalue weighted by Gasteiger charge is -2.20. The zero-order valence-electron chi connectivity index (χ0n) is 18.3. The highest BCUT2D eigenvalue weighted by molar-refractivity contribution is 7.68. The van der Waals surface area contributed by atoms with Crippen molar-refractivity contribution in [2.45, 2.75) is 13.8 Å². The standard InChI is InChI=1S/C28H27NOP/c1-4-30-24-18-16-23(17-19-24)29(3)22-14-12-21(13-15-22)28-25-10-6-8-20-9-7-11-26(27(20)25)31(28)5-2/h6-19H,4-5H2,1-3H3/q+1. The molecule has 4 aromatic carbocycles. The van der Waals surface area contributed by atoms with Gasteiger partial charge < -0.3 is 9.64 Å². The minimum absolute atomic E-state index is 0.315. The van der Waals surface area contributed by atoms with Crippen molar-refractivity contribution in [2.75, 3.05) is 24.7 Å². The lowest BCUT2D eigenvalue weighted by atomic mass is 9.98. The molecular weight excluding hydrogens is 397 g/mol. The second kappa shape index (κ2) is 8.21. The molecule has 0 amide bonds. The van der Waals surface area contributed by atoms with E-state index in [1.165, 1.54) is 44.3 Å². The number of hydrogen-bond acceptors (Lipinski definition) is 2. The summed E-state index contributed by atoms with van der Waals surface area (Å²) in [6.07, 6.45) is 1.17. The fourth-order valence-electron chi connectivity index (χ4n) is 4.57. The number of rotatable bonds is 6. The first-order valence-corrected chi connectivity index (χ1v) is 12.5. The van der Waals surface area contributed by atoms with Crippen LogP contribution in [0.4, 0.5) is 11.4 Å². The molecule has 0 bridgehead atoms. The monoisotopic (exact) mass is 424 g/mol. The minimum atomic E-state index is -0.315. The van der Waals surface area contributed by atoms with Gasteiger partial charge in [-0.25, -0.2) is 0 Å². The zero-order chi connectivity index (χ0) is 21.4. The predicted molar refractivity (Wildman–Crippen MR) is 136 cm³/mol. The maximum Gasteiger partial charge on any atom is 0.164 e. The topological polar surface area (TPSA) is 12.5 Å². The van der Waals surface area contributed by atoms with Gasteiger partial charge in [-0.2, -0.15) is 0 Å². The summed E-state index contributed by atoms with van der Waals surface area (Å²) < 4.78 is 5.57. The Bertz CT molecular complexity index is 1270. The number of nitrogens with zero attached hydrogens (tertiary/aromatic N) is 1. The first-order valence-electron chi connectivity index (χ1n) is 10.9. The highest BCUT2D eigenvalue weighted by atomic mass is 31.1. The molecule has 1 aliphatic rings. The fraction of sp³-hybridized carbons (Fsp3) is 0.179. The molecule has 0 aliphatic carbocycles. The van der Waals surface area contributed by atoms with Gasteiger partial charge in [0.2, 0.25) is 0 Å². The van der Waals surface area contributed by atoms with Gasteiger partial charge in [0.25, 0.3) is 0 Å². The van der Waals surface area contributed by atoms with Crippen molar-refractivity contribution in [3.05, 3.63) is 96.1 Å². The molecule has 5 rings (SSSR count). The zero-order valence-corrected chi connectivity index (χ0v) is 19.2. The van der Waals surface area contributed by atoms with Gasteiger partial charge in [-0.05, 0) is 79.9 Å². The van der Waals surface area contributed by atoms with Crippen molar-refractivity contribution in [1.29, 1.82) is 0 Å². The molecule has 1 heterocycles. The van der Waals surface area contributed by atoms with Gasteiger partial charge in [-0.3, -0.25) is 0 Å². The third kappa shape index (κ3) is 3.42. The van der Waals surface area contributed by atoms with Crippen LogP contribution < -0.4 is 14.9 Å². The van der Waals surface area contributed by atoms with Gasteiger partial charge in [-0.1, -0.05) is 24.3 Å². The molecule has 0 saturated carbocycles. The first-order chi connectivity index (χ1) is 15.2. The highest BCUT2D eigenvalue weighted by Crippen LogP contribution is 2.41. The maximum atomic E-state index is 5.57. The lowest BCUT2D eigenvalue weighted by molar-refractivity contribution is 0.340.